The summed E-state index contributed by atoms with van der Waals surface area (Å²) in [5, 5.41) is 1.01. The maximum absolute atomic E-state index is 5.98. The highest BCUT2D eigenvalue weighted by Gasteiger charge is 2.19. The number of fused-ring (bicyclic) bond motifs is 1. The molecule has 3 aromatic rings. The normalized spacial score (nSPS) is 12.7. The number of nitrogens with zero attached hydrogens (tertiary/aromatic N) is 1. The van der Waals surface area contributed by atoms with Gasteiger partial charge in [0.2, 0.25) is 0 Å². The number of nitrogen functional groups attached to an aromatic ring is 1. The van der Waals surface area contributed by atoms with Crippen molar-refractivity contribution in [3.8, 4) is 0 Å². The maximum atomic E-state index is 5.98. The van der Waals surface area contributed by atoms with Gasteiger partial charge in [-0.05, 0) is 12.1 Å². The summed E-state index contributed by atoms with van der Waals surface area (Å²) in [5.74, 6) is 5.68. The van der Waals surface area contributed by atoms with E-state index in [0.29, 0.717) is 5.69 Å². The Hall–Kier alpha value is -2.37. The Labute approximate surface area is 110 Å². The highest BCUT2D eigenvalue weighted by Crippen LogP contribution is 2.31. The van der Waals surface area contributed by atoms with Gasteiger partial charge in [0.1, 0.15) is 5.58 Å². The smallest absolute Gasteiger partial charge is 0.134 e. The summed E-state index contributed by atoms with van der Waals surface area (Å²) in [6.45, 7) is 0. The minimum atomic E-state index is -0.252. The van der Waals surface area contributed by atoms with Crippen LogP contribution in [0.4, 0.5) is 5.69 Å². The lowest BCUT2D eigenvalue weighted by molar-refractivity contribution is 0.586. The first-order valence-corrected chi connectivity index (χ1v) is 5.93. The number of hydrogen-bond acceptors (Lipinski definition) is 5. The molecular formula is C14H14N4O. The van der Waals surface area contributed by atoms with E-state index in [0.717, 1.165) is 22.1 Å². The predicted octanol–water partition coefficient (Wildman–Crippen LogP) is 1.96. The molecule has 1 atom stereocenters. The Morgan fingerprint density at radius 1 is 1.16 bits per heavy atom. The molecule has 2 aromatic heterocycles. The van der Waals surface area contributed by atoms with Crippen LogP contribution in [0.25, 0.3) is 11.0 Å². The van der Waals surface area contributed by atoms with Crippen LogP contribution in [-0.4, -0.2) is 4.98 Å². The van der Waals surface area contributed by atoms with Gasteiger partial charge in [0.05, 0.1) is 12.3 Å². The van der Waals surface area contributed by atoms with Crippen LogP contribution < -0.4 is 17.0 Å². The van der Waals surface area contributed by atoms with Crippen molar-refractivity contribution in [2.24, 2.45) is 5.84 Å². The van der Waals surface area contributed by atoms with E-state index >= 15 is 0 Å². The fraction of sp³-hybridized carbons (Fsp3) is 0.0714. The van der Waals surface area contributed by atoms with Gasteiger partial charge >= 0.3 is 0 Å². The number of nitrogens with one attached hydrogen (secondary N) is 1. The molecule has 5 nitrogen and oxygen atoms in total. The van der Waals surface area contributed by atoms with Crippen LogP contribution >= 0.6 is 0 Å². The lowest BCUT2D eigenvalue weighted by atomic mass is 9.99. The van der Waals surface area contributed by atoms with Gasteiger partial charge in [-0.15, -0.1) is 0 Å². The van der Waals surface area contributed by atoms with Crippen LogP contribution in [0.3, 0.4) is 0 Å². The molecule has 0 aliphatic carbocycles. The molecule has 0 saturated carbocycles. The number of benzene rings is 1. The van der Waals surface area contributed by atoms with Gasteiger partial charge < -0.3 is 10.2 Å². The number of pyridine rings is 1. The minimum Gasteiger partial charge on any atom is -0.464 e. The third-order valence-electron chi connectivity index (χ3n) is 3.19. The van der Waals surface area contributed by atoms with E-state index in [2.05, 4.69) is 10.4 Å². The highest BCUT2D eigenvalue weighted by atomic mass is 16.3. The van der Waals surface area contributed by atoms with Gasteiger partial charge in [0, 0.05) is 34.6 Å². The fourth-order valence-corrected chi connectivity index (χ4v) is 2.23. The molecule has 3 rings (SSSR count). The van der Waals surface area contributed by atoms with E-state index in [1.807, 2.05) is 24.3 Å². The molecule has 1 aromatic carbocycles. The number of aromatic nitrogens is 1. The van der Waals surface area contributed by atoms with Gasteiger partial charge in [-0.3, -0.25) is 10.8 Å². The third-order valence-corrected chi connectivity index (χ3v) is 3.19. The zero-order valence-electron chi connectivity index (χ0n) is 10.2. The van der Waals surface area contributed by atoms with E-state index in [9.17, 15) is 0 Å². The van der Waals surface area contributed by atoms with Crippen molar-refractivity contribution in [3.63, 3.8) is 0 Å². The van der Waals surface area contributed by atoms with Gasteiger partial charge in [0.25, 0.3) is 0 Å². The standard InChI is InChI=1S/C14H14N4O/c15-12-5-6-17-7-10(12)14(18-16)11-8-19-13-4-2-1-3-9(11)13/h1-8,14,18H,16H2,(H2,15,17). The van der Waals surface area contributed by atoms with Crippen LogP contribution in [0, 0.1) is 0 Å². The first-order chi connectivity index (χ1) is 9.31. The van der Waals surface area contributed by atoms with Crippen molar-refractivity contribution in [3.05, 3.63) is 60.1 Å². The average Bonchev–Trinajstić information content (AvgIpc) is 2.86. The monoisotopic (exact) mass is 254 g/mol. The van der Waals surface area contributed by atoms with Crippen molar-refractivity contribution in [1.82, 2.24) is 10.4 Å². The number of para-hydroxylation sites is 1. The first kappa shape index (κ1) is 11.7. The molecule has 0 aliphatic rings. The Bertz CT molecular complexity index is 707. The van der Waals surface area contributed by atoms with Gasteiger partial charge in [-0.25, -0.2) is 5.43 Å². The highest BCUT2D eigenvalue weighted by molar-refractivity contribution is 5.82. The van der Waals surface area contributed by atoms with E-state index in [1.165, 1.54) is 0 Å². The molecule has 0 bridgehead atoms. The van der Waals surface area contributed by atoms with E-state index in [1.54, 1.807) is 24.7 Å². The largest absolute Gasteiger partial charge is 0.464 e. The molecule has 0 fully saturated rings. The zero-order chi connectivity index (χ0) is 13.2. The quantitative estimate of drug-likeness (QED) is 0.491. The summed E-state index contributed by atoms with van der Waals surface area (Å²) in [4.78, 5) is 4.10. The summed E-state index contributed by atoms with van der Waals surface area (Å²) >= 11 is 0. The van der Waals surface area contributed by atoms with Gasteiger partial charge in [-0.1, -0.05) is 18.2 Å². The molecular weight excluding hydrogens is 240 g/mol. The lowest BCUT2D eigenvalue weighted by Gasteiger charge is -2.16. The summed E-state index contributed by atoms with van der Waals surface area (Å²) in [6.07, 6.45) is 5.06. The van der Waals surface area contributed by atoms with Crippen molar-refractivity contribution in [2.75, 3.05) is 5.73 Å². The average molecular weight is 254 g/mol. The molecule has 0 radical (unpaired) electrons. The topological polar surface area (TPSA) is 90.1 Å². The molecule has 0 aliphatic heterocycles. The molecule has 96 valence electrons. The summed E-state index contributed by atoms with van der Waals surface area (Å²) in [7, 11) is 0. The lowest BCUT2D eigenvalue weighted by Crippen LogP contribution is -2.29. The SMILES string of the molecule is NNC(c1cnccc1N)c1coc2ccccc12. The van der Waals surface area contributed by atoms with Crippen LogP contribution in [-0.2, 0) is 0 Å². The minimum absolute atomic E-state index is 0.252. The first-order valence-electron chi connectivity index (χ1n) is 5.93. The molecule has 5 N–H and O–H groups in total. The number of hydrazine groups is 1. The second-order valence-electron chi connectivity index (χ2n) is 4.29. The number of anilines is 1. The molecule has 0 amide bonds. The Morgan fingerprint density at radius 3 is 2.79 bits per heavy atom. The van der Waals surface area contributed by atoms with Crippen LogP contribution in [0.15, 0.2) is 53.4 Å². The summed E-state index contributed by atoms with van der Waals surface area (Å²) in [6, 6.07) is 9.30. The van der Waals surface area contributed by atoms with Gasteiger partial charge in [0.15, 0.2) is 0 Å². The Kier molecular flexibility index (Phi) is 2.91. The van der Waals surface area contributed by atoms with Crippen LogP contribution in [0.5, 0.6) is 0 Å². The molecule has 1 unspecified atom stereocenters. The molecule has 5 heteroatoms. The zero-order valence-corrected chi connectivity index (χ0v) is 10.2. The van der Waals surface area contributed by atoms with E-state index < -0.39 is 0 Å². The second-order valence-corrected chi connectivity index (χ2v) is 4.29. The Balaban J connectivity index is 2.15. The molecule has 0 saturated heterocycles. The van der Waals surface area contributed by atoms with Crippen molar-refractivity contribution in [1.29, 1.82) is 0 Å². The summed E-state index contributed by atoms with van der Waals surface area (Å²) in [5.41, 5.74) is 12.0. The van der Waals surface area contributed by atoms with E-state index in [4.69, 9.17) is 16.0 Å². The number of furan rings is 1. The number of hydrogen-bond donors (Lipinski definition) is 3. The third kappa shape index (κ3) is 1.95. The number of rotatable bonds is 3. The maximum Gasteiger partial charge on any atom is 0.134 e. The van der Waals surface area contributed by atoms with E-state index in [-0.39, 0.29) is 6.04 Å². The van der Waals surface area contributed by atoms with Gasteiger partial charge in [-0.2, -0.15) is 0 Å². The summed E-state index contributed by atoms with van der Waals surface area (Å²) < 4.78 is 5.54. The predicted molar refractivity (Wildman–Crippen MR) is 74.0 cm³/mol. The molecule has 0 spiro atoms. The van der Waals surface area contributed by atoms with Crippen molar-refractivity contribution >= 4 is 16.7 Å². The Morgan fingerprint density at radius 2 is 2.00 bits per heavy atom. The van der Waals surface area contributed by atoms with Crippen LogP contribution in [0.1, 0.15) is 17.2 Å². The van der Waals surface area contributed by atoms with Crippen LogP contribution in [0.2, 0.25) is 0 Å². The second kappa shape index (κ2) is 4.72. The van der Waals surface area contributed by atoms with Crippen molar-refractivity contribution < 1.29 is 4.42 Å². The fourth-order valence-electron chi connectivity index (χ4n) is 2.23. The molecule has 2 heterocycles. The molecule has 19 heavy (non-hydrogen) atoms. The van der Waals surface area contributed by atoms with Crippen molar-refractivity contribution in [2.45, 2.75) is 6.04 Å². The number of nitrogens with two attached hydrogens (primary N) is 2.